The first-order valence-corrected chi connectivity index (χ1v) is 8.49. The van der Waals surface area contributed by atoms with Crippen LogP contribution in [0.2, 0.25) is 0 Å². The highest BCUT2D eigenvalue weighted by Crippen LogP contribution is 2.22. The van der Waals surface area contributed by atoms with Crippen LogP contribution in [0, 0.1) is 0 Å². The van der Waals surface area contributed by atoms with E-state index in [2.05, 4.69) is 17.0 Å². The molecule has 2 heterocycles. The van der Waals surface area contributed by atoms with Crippen molar-refractivity contribution >= 4 is 5.91 Å². The molecule has 2 aliphatic heterocycles. The van der Waals surface area contributed by atoms with Gasteiger partial charge in [0.25, 0.3) is 0 Å². The predicted molar refractivity (Wildman–Crippen MR) is 88.7 cm³/mol. The number of methoxy groups -OCH3 is 1. The third-order valence-electron chi connectivity index (χ3n) is 4.88. The third-order valence-corrected chi connectivity index (χ3v) is 4.88. The lowest BCUT2D eigenvalue weighted by Crippen LogP contribution is -2.41. The second kappa shape index (κ2) is 7.32. The van der Waals surface area contributed by atoms with Gasteiger partial charge in [-0.2, -0.15) is 0 Å². The zero-order valence-electron chi connectivity index (χ0n) is 13.8. The van der Waals surface area contributed by atoms with Crippen molar-refractivity contribution in [2.24, 2.45) is 0 Å². The summed E-state index contributed by atoms with van der Waals surface area (Å²) >= 11 is 0. The summed E-state index contributed by atoms with van der Waals surface area (Å²) in [5, 5.41) is 10.3. The fourth-order valence-electron chi connectivity index (χ4n) is 3.56. The standard InChI is InChI=1S/C18H26N2O3/c1-23-17-5-4-14-6-9-19(10-7-15(14)11-17)12-16(21)13-20-8-2-3-18(20)22/h4-5,11,16,21H,2-3,6-10,12-13H2,1H3. The van der Waals surface area contributed by atoms with E-state index in [1.165, 1.54) is 11.1 Å². The summed E-state index contributed by atoms with van der Waals surface area (Å²) in [6, 6.07) is 6.29. The minimum atomic E-state index is -0.465. The molecule has 0 aromatic heterocycles. The van der Waals surface area contributed by atoms with Crippen LogP contribution in [0.1, 0.15) is 24.0 Å². The molecule has 1 aromatic rings. The summed E-state index contributed by atoms with van der Waals surface area (Å²) in [6.45, 7) is 3.78. The van der Waals surface area contributed by atoms with Crippen molar-refractivity contribution in [1.82, 2.24) is 9.80 Å². The molecule has 0 aliphatic carbocycles. The molecule has 3 rings (SSSR count). The average molecular weight is 318 g/mol. The van der Waals surface area contributed by atoms with E-state index in [0.717, 1.165) is 44.6 Å². The number of ether oxygens (including phenoxy) is 1. The van der Waals surface area contributed by atoms with Crippen LogP contribution in [0.3, 0.4) is 0 Å². The SMILES string of the molecule is COc1ccc2c(c1)CCN(CC(O)CN1CCCC1=O)CC2. The van der Waals surface area contributed by atoms with Crippen molar-refractivity contribution in [1.29, 1.82) is 0 Å². The van der Waals surface area contributed by atoms with Gasteiger partial charge in [-0.1, -0.05) is 6.07 Å². The Kier molecular flexibility index (Phi) is 5.18. The Balaban J connectivity index is 1.53. The molecule has 1 aromatic carbocycles. The van der Waals surface area contributed by atoms with Crippen LogP contribution in [0.4, 0.5) is 0 Å². The van der Waals surface area contributed by atoms with Crippen LogP contribution in [-0.2, 0) is 17.6 Å². The Hall–Kier alpha value is -1.59. The molecule has 2 aliphatic rings. The van der Waals surface area contributed by atoms with Crippen LogP contribution >= 0.6 is 0 Å². The number of carbonyl (C=O) groups excluding carboxylic acids is 1. The van der Waals surface area contributed by atoms with Gasteiger partial charge in [0.1, 0.15) is 5.75 Å². The molecule has 1 fully saturated rings. The number of rotatable bonds is 5. The van der Waals surface area contributed by atoms with Crippen molar-refractivity contribution in [3.8, 4) is 5.75 Å². The van der Waals surface area contributed by atoms with Crippen molar-refractivity contribution in [2.45, 2.75) is 31.8 Å². The van der Waals surface area contributed by atoms with Crippen LogP contribution in [0.5, 0.6) is 5.75 Å². The second-order valence-electron chi connectivity index (χ2n) is 6.53. The minimum Gasteiger partial charge on any atom is -0.497 e. The highest BCUT2D eigenvalue weighted by atomic mass is 16.5. The van der Waals surface area contributed by atoms with E-state index in [0.29, 0.717) is 19.5 Å². The number of fused-ring (bicyclic) bond motifs is 1. The summed E-state index contributed by atoms with van der Waals surface area (Å²) in [4.78, 5) is 15.8. The van der Waals surface area contributed by atoms with Gasteiger partial charge in [0, 0.05) is 39.1 Å². The molecule has 1 N–H and O–H groups in total. The molecule has 0 saturated carbocycles. The number of hydrogen-bond acceptors (Lipinski definition) is 4. The predicted octanol–water partition coefficient (Wildman–Crippen LogP) is 1.08. The summed E-state index contributed by atoms with van der Waals surface area (Å²) in [7, 11) is 1.70. The van der Waals surface area contributed by atoms with E-state index in [1.807, 2.05) is 6.07 Å². The Morgan fingerprint density at radius 2 is 1.91 bits per heavy atom. The number of carbonyl (C=O) groups is 1. The molecular formula is C18H26N2O3. The minimum absolute atomic E-state index is 0.180. The molecule has 23 heavy (non-hydrogen) atoms. The lowest BCUT2D eigenvalue weighted by molar-refractivity contribution is -0.129. The second-order valence-corrected chi connectivity index (χ2v) is 6.53. The molecule has 5 nitrogen and oxygen atoms in total. The van der Waals surface area contributed by atoms with Crippen molar-refractivity contribution < 1.29 is 14.6 Å². The Labute approximate surface area is 137 Å². The van der Waals surface area contributed by atoms with Crippen molar-refractivity contribution in [2.75, 3.05) is 39.8 Å². The van der Waals surface area contributed by atoms with E-state index < -0.39 is 6.10 Å². The molecule has 1 atom stereocenters. The van der Waals surface area contributed by atoms with E-state index in [1.54, 1.807) is 12.0 Å². The first kappa shape index (κ1) is 16.3. The van der Waals surface area contributed by atoms with Gasteiger partial charge in [0.05, 0.1) is 13.2 Å². The number of benzene rings is 1. The number of aliphatic hydroxyl groups is 1. The van der Waals surface area contributed by atoms with Gasteiger partial charge >= 0.3 is 0 Å². The maximum Gasteiger partial charge on any atom is 0.222 e. The van der Waals surface area contributed by atoms with Gasteiger partial charge in [-0.3, -0.25) is 4.79 Å². The number of amides is 1. The molecule has 1 amide bonds. The van der Waals surface area contributed by atoms with Crippen LogP contribution in [0.15, 0.2) is 18.2 Å². The van der Waals surface area contributed by atoms with Crippen LogP contribution < -0.4 is 4.74 Å². The zero-order chi connectivity index (χ0) is 16.2. The lowest BCUT2D eigenvalue weighted by atomic mass is 10.0. The van der Waals surface area contributed by atoms with Crippen LogP contribution in [0.25, 0.3) is 0 Å². The van der Waals surface area contributed by atoms with Crippen LogP contribution in [-0.4, -0.2) is 66.8 Å². The smallest absolute Gasteiger partial charge is 0.222 e. The normalized spacial score (nSPS) is 20.3. The van der Waals surface area contributed by atoms with Gasteiger partial charge in [0.15, 0.2) is 0 Å². The van der Waals surface area contributed by atoms with Crippen molar-refractivity contribution in [3.63, 3.8) is 0 Å². The molecule has 126 valence electrons. The topological polar surface area (TPSA) is 53.0 Å². The zero-order valence-corrected chi connectivity index (χ0v) is 13.8. The number of likely N-dealkylation sites (tertiary alicyclic amines) is 1. The lowest BCUT2D eigenvalue weighted by Gasteiger charge is -2.26. The number of hydrogen-bond donors (Lipinski definition) is 1. The fraction of sp³-hybridized carbons (Fsp3) is 0.611. The monoisotopic (exact) mass is 318 g/mol. The first-order chi connectivity index (χ1) is 11.2. The quantitative estimate of drug-likeness (QED) is 0.883. The highest BCUT2D eigenvalue weighted by molar-refractivity contribution is 5.78. The summed E-state index contributed by atoms with van der Waals surface area (Å²) in [5.41, 5.74) is 2.72. The number of β-amino-alcohol motifs (C(OH)–C–C–N with tert-alkyl or cyclic N) is 1. The van der Waals surface area contributed by atoms with Gasteiger partial charge in [0.2, 0.25) is 5.91 Å². The summed E-state index contributed by atoms with van der Waals surface area (Å²) in [6.07, 6.45) is 3.06. The summed E-state index contributed by atoms with van der Waals surface area (Å²) in [5.74, 6) is 1.09. The van der Waals surface area contributed by atoms with E-state index in [9.17, 15) is 9.90 Å². The number of aliphatic hydroxyl groups excluding tert-OH is 1. The van der Waals surface area contributed by atoms with Gasteiger partial charge in [-0.25, -0.2) is 0 Å². The molecule has 1 saturated heterocycles. The largest absolute Gasteiger partial charge is 0.497 e. The van der Waals surface area contributed by atoms with Gasteiger partial charge < -0.3 is 19.6 Å². The van der Waals surface area contributed by atoms with E-state index in [-0.39, 0.29) is 5.91 Å². The molecule has 0 bridgehead atoms. The average Bonchev–Trinajstić information content (AvgIpc) is 2.83. The third kappa shape index (κ3) is 4.03. The van der Waals surface area contributed by atoms with Crippen molar-refractivity contribution in [3.05, 3.63) is 29.3 Å². The van der Waals surface area contributed by atoms with Gasteiger partial charge in [-0.05, 0) is 42.5 Å². The van der Waals surface area contributed by atoms with E-state index in [4.69, 9.17) is 4.74 Å². The summed E-state index contributed by atoms with van der Waals surface area (Å²) < 4.78 is 5.31. The molecular weight excluding hydrogens is 292 g/mol. The maximum atomic E-state index is 11.7. The van der Waals surface area contributed by atoms with E-state index >= 15 is 0 Å². The highest BCUT2D eigenvalue weighted by Gasteiger charge is 2.24. The number of nitrogens with zero attached hydrogens (tertiary/aromatic N) is 2. The van der Waals surface area contributed by atoms with Gasteiger partial charge in [-0.15, -0.1) is 0 Å². The maximum absolute atomic E-state index is 11.7. The molecule has 0 radical (unpaired) electrons. The Morgan fingerprint density at radius 3 is 2.61 bits per heavy atom. The molecule has 1 unspecified atom stereocenters. The molecule has 0 spiro atoms. The first-order valence-electron chi connectivity index (χ1n) is 8.49. The Morgan fingerprint density at radius 1 is 1.13 bits per heavy atom. The Bertz CT molecular complexity index is 561. The molecule has 5 heteroatoms. The fourth-order valence-corrected chi connectivity index (χ4v) is 3.56.